The first-order valence-electron chi connectivity index (χ1n) is 5.19. The molecule has 0 atom stereocenters. The van der Waals surface area contributed by atoms with E-state index in [1.165, 1.54) is 12.1 Å². The van der Waals surface area contributed by atoms with Crippen LogP contribution in [0.15, 0.2) is 45.3 Å². The van der Waals surface area contributed by atoms with Crippen molar-refractivity contribution in [2.24, 2.45) is 0 Å². The smallest absolute Gasteiger partial charge is 0.124 e. The van der Waals surface area contributed by atoms with Crippen molar-refractivity contribution >= 4 is 49.1 Å². The molecule has 0 spiro atoms. The highest BCUT2D eigenvalue weighted by Gasteiger charge is 2.04. The molecule has 0 saturated carbocycles. The lowest BCUT2D eigenvalue weighted by atomic mass is 10.2. The quantitative estimate of drug-likeness (QED) is 0.714. The van der Waals surface area contributed by atoms with E-state index >= 15 is 0 Å². The van der Waals surface area contributed by atoms with E-state index in [-0.39, 0.29) is 5.82 Å². The summed E-state index contributed by atoms with van der Waals surface area (Å²) in [6.07, 6.45) is 0. The molecule has 94 valence electrons. The minimum atomic E-state index is -0.264. The maximum atomic E-state index is 12.9. The largest absolute Gasteiger partial charge is 0.380 e. The minimum absolute atomic E-state index is 0.264. The van der Waals surface area contributed by atoms with Crippen LogP contribution in [0.2, 0.25) is 5.02 Å². The van der Waals surface area contributed by atoms with Crippen LogP contribution in [0.3, 0.4) is 0 Å². The predicted molar refractivity (Wildman–Crippen MR) is 80.6 cm³/mol. The molecule has 0 aliphatic heterocycles. The number of benzene rings is 2. The van der Waals surface area contributed by atoms with Crippen LogP contribution in [0.25, 0.3) is 0 Å². The topological polar surface area (TPSA) is 12.0 Å². The van der Waals surface area contributed by atoms with E-state index in [2.05, 4.69) is 37.2 Å². The maximum Gasteiger partial charge on any atom is 0.124 e. The molecule has 18 heavy (non-hydrogen) atoms. The highest BCUT2D eigenvalue weighted by atomic mass is 79.9. The van der Waals surface area contributed by atoms with Crippen LogP contribution in [-0.4, -0.2) is 0 Å². The first-order chi connectivity index (χ1) is 8.56. The molecule has 2 aromatic carbocycles. The predicted octanol–water partition coefficient (Wildman–Crippen LogP) is 5.62. The summed E-state index contributed by atoms with van der Waals surface area (Å²) in [4.78, 5) is 0. The van der Waals surface area contributed by atoms with Crippen LogP contribution in [0.1, 0.15) is 5.56 Å². The second-order valence-electron chi connectivity index (χ2n) is 3.71. The Balaban J connectivity index is 2.11. The highest BCUT2D eigenvalue weighted by molar-refractivity contribution is 9.11. The van der Waals surface area contributed by atoms with Crippen LogP contribution in [0.4, 0.5) is 10.1 Å². The molecule has 0 fully saturated rings. The van der Waals surface area contributed by atoms with Crippen LogP contribution in [-0.2, 0) is 6.54 Å². The zero-order valence-corrected chi connectivity index (χ0v) is 13.1. The fraction of sp³-hybridized carbons (Fsp3) is 0.0769. The molecule has 1 nitrogen and oxygen atoms in total. The fourth-order valence-corrected chi connectivity index (χ4v) is 2.80. The van der Waals surface area contributed by atoms with Gasteiger partial charge in [-0.1, -0.05) is 33.6 Å². The van der Waals surface area contributed by atoms with E-state index < -0.39 is 0 Å². The van der Waals surface area contributed by atoms with Crippen LogP contribution >= 0.6 is 43.5 Å². The summed E-state index contributed by atoms with van der Waals surface area (Å²) in [5.41, 5.74) is 1.92. The monoisotopic (exact) mass is 391 g/mol. The van der Waals surface area contributed by atoms with Crippen molar-refractivity contribution < 1.29 is 4.39 Å². The Morgan fingerprint density at radius 3 is 2.50 bits per heavy atom. The van der Waals surface area contributed by atoms with Crippen molar-refractivity contribution in [2.75, 3.05) is 5.32 Å². The standard InChI is InChI=1S/C13H9Br2ClFN/c14-11-5-9(16)2-1-8(11)7-18-13-4-3-10(17)6-12(13)15/h1-6,18H,7H2. The number of nitrogens with one attached hydrogen (secondary N) is 1. The summed E-state index contributed by atoms with van der Waals surface area (Å²) >= 11 is 12.6. The third kappa shape index (κ3) is 3.46. The van der Waals surface area contributed by atoms with Gasteiger partial charge < -0.3 is 5.32 Å². The average Bonchev–Trinajstić information content (AvgIpc) is 2.30. The average molecular weight is 393 g/mol. The van der Waals surface area contributed by atoms with Gasteiger partial charge in [0.1, 0.15) is 5.82 Å². The normalized spacial score (nSPS) is 10.4. The van der Waals surface area contributed by atoms with Crippen molar-refractivity contribution in [3.8, 4) is 0 Å². The lowest BCUT2D eigenvalue weighted by Gasteiger charge is -2.10. The van der Waals surface area contributed by atoms with Crippen molar-refractivity contribution in [2.45, 2.75) is 6.54 Å². The molecule has 0 heterocycles. The molecule has 0 aliphatic rings. The highest BCUT2D eigenvalue weighted by Crippen LogP contribution is 2.26. The SMILES string of the molecule is Fc1ccc(NCc2ccc(Cl)cc2Br)c(Br)c1. The molecule has 0 aromatic heterocycles. The first kappa shape index (κ1) is 13.8. The molecule has 0 amide bonds. The molecule has 2 rings (SSSR count). The van der Waals surface area contributed by atoms with Gasteiger partial charge in [0.05, 0.1) is 0 Å². The Bertz CT molecular complexity index is 523. The third-order valence-electron chi connectivity index (χ3n) is 2.42. The van der Waals surface area contributed by atoms with Gasteiger partial charge in [0, 0.05) is 26.2 Å². The zero-order valence-electron chi connectivity index (χ0n) is 9.18. The fourth-order valence-electron chi connectivity index (χ4n) is 1.49. The molecule has 0 unspecified atom stereocenters. The second-order valence-corrected chi connectivity index (χ2v) is 5.86. The maximum absolute atomic E-state index is 12.9. The zero-order chi connectivity index (χ0) is 13.1. The van der Waals surface area contributed by atoms with Crippen molar-refractivity contribution in [3.05, 3.63) is 61.7 Å². The van der Waals surface area contributed by atoms with Gasteiger partial charge in [0.15, 0.2) is 0 Å². The molecule has 0 aliphatic carbocycles. The van der Waals surface area contributed by atoms with Crippen LogP contribution < -0.4 is 5.32 Å². The Kier molecular flexibility index (Phi) is 4.65. The number of anilines is 1. The first-order valence-corrected chi connectivity index (χ1v) is 7.15. The third-order valence-corrected chi connectivity index (χ3v) is 4.04. The van der Waals surface area contributed by atoms with Crippen molar-refractivity contribution in [1.29, 1.82) is 0 Å². The van der Waals surface area contributed by atoms with Crippen molar-refractivity contribution in [1.82, 2.24) is 0 Å². The molecular formula is C13H9Br2ClFN. The molecule has 0 saturated heterocycles. The molecule has 0 radical (unpaired) electrons. The summed E-state index contributed by atoms with van der Waals surface area (Å²) in [5.74, 6) is -0.264. The second kappa shape index (κ2) is 6.04. The summed E-state index contributed by atoms with van der Waals surface area (Å²) in [6, 6.07) is 10.2. The van der Waals surface area contributed by atoms with E-state index in [1.807, 2.05) is 18.2 Å². The Hall–Kier alpha value is -0.580. The van der Waals surface area contributed by atoms with E-state index in [9.17, 15) is 4.39 Å². The van der Waals surface area contributed by atoms with Crippen LogP contribution in [0, 0.1) is 5.82 Å². The van der Waals surface area contributed by atoms with Gasteiger partial charge in [-0.2, -0.15) is 0 Å². The van der Waals surface area contributed by atoms with Crippen molar-refractivity contribution in [3.63, 3.8) is 0 Å². The van der Waals surface area contributed by atoms with E-state index in [4.69, 9.17) is 11.6 Å². The molecule has 5 heteroatoms. The molecule has 0 bridgehead atoms. The van der Waals surface area contributed by atoms with E-state index in [1.54, 1.807) is 6.07 Å². The Morgan fingerprint density at radius 1 is 1.06 bits per heavy atom. The summed E-state index contributed by atoms with van der Waals surface area (Å²) < 4.78 is 14.6. The lowest BCUT2D eigenvalue weighted by molar-refractivity contribution is 0.627. The van der Waals surface area contributed by atoms with Gasteiger partial charge >= 0.3 is 0 Å². The minimum Gasteiger partial charge on any atom is -0.380 e. The van der Waals surface area contributed by atoms with E-state index in [0.29, 0.717) is 16.0 Å². The number of hydrogen-bond acceptors (Lipinski definition) is 1. The Labute approximate surface area is 127 Å². The number of rotatable bonds is 3. The van der Waals surface area contributed by atoms with Crippen LogP contribution in [0.5, 0.6) is 0 Å². The summed E-state index contributed by atoms with van der Waals surface area (Å²) in [6.45, 7) is 0.627. The Morgan fingerprint density at radius 2 is 1.83 bits per heavy atom. The number of hydrogen-bond donors (Lipinski definition) is 1. The number of halogens is 4. The summed E-state index contributed by atoms with van der Waals surface area (Å²) in [7, 11) is 0. The summed E-state index contributed by atoms with van der Waals surface area (Å²) in [5, 5.41) is 3.92. The van der Waals surface area contributed by atoms with Gasteiger partial charge in [-0.15, -0.1) is 0 Å². The molecular weight excluding hydrogens is 384 g/mol. The molecule has 2 aromatic rings. The van der Waals surface area contributed by atoms with Gasteiger partial charge in [-0.25, -0.2) is 4.39 Å². The molecule has 1 N–H and O–H groups in total. The van der Waals surface area contributed by atoms with Gasteiger partial charge in [-0.3, -0.25) is 0 Å². The lowest BCUT2D eigenvalue weighted by Crippen LogP contribution is -2.01. The van der Waals surface area contributed by atoms with E-state index in [0.717, 1.165) is 15.7 Å². The van der Waals surface area contributed by atoms with Gasteiger partial charge in [0.2, 0.25) is 0 Å². The van der Waals surface area contributed by atoms with Gasteiger partial charge in [-0.05, 0) is 51.8 Å². The van der Waals surface area contributed by atoms with Gasteiger partial charge in [0.25, 0.3) is 0 Å².